The fraction of sp³-hybridized carbons (Fsp3) is 0.240. The molecule has 2 N–H and O–H groups in total. The Hall–Kier alpha value is -3.67. The van der Waals surface area contributed by atoms with Crippen LogP contribution in [0.4, 0.5) is 0 Å². The van der Waals surface area contributed by atoms with Crippen molar-refractivity contribution in [2.45, 2.75) is 25.7 Å². The molecule has 0 aliphatic carbocycles. The predicted molar refractivity (Wildman–Crippen MR) is 118 cm³/mol. The van der Waals surface area contributed by atoms with Gasteiger partial charge in [0.25, 0.3) is 5.91 Å². The number of aryl methyl sites for hydroxylation is 1. The van der Waals surface area contributed by atoms with Gasteiger partial charge in [0, 0.05) is 30.8 Å². The minimum absolute atomic E-state index is 0.0344. The van der Waals surface area contributed by atoms with Gasteiger partial charge in [-0.25, -0.2) is 0 Å². The summed E-state index contributed by atoms with van der Waals surface area (Å²) in [5.41, 5.74) is 8.50. The van der Waals surface area contributed by atoms with Crippen LogP contribution in [-0.2, 0) is 6.42 Å². The fourth-order valence-electron chi connectivity index (χ4n) is 4.04. The number of carbonyl (C=O) groups excluding carboxylic acids is 2. The van der Waals surface area contributed by atoms with Crippen LogP contribution in [0.25, 0.3) is 0 Å². The summed E-state index contributed by atoms with van der Waals surface area (Å²) in [4.78, 5) is 30.9. The average molecular weight is 415 g/mol. The van der Waals surface area contributed by atoms with Crippen LogP contribution >= 0.6 is 0 Å². The number of pyridine rings is 1. The normalized spacial score (nSPS) is 15.6. The minimum Gasteiger partial charge on any atom is -0.457 e. The van der Waals surface area contributed by atoms with Crippen LogP contribution in [0, 0.1) is 0 Å². The monoisotopic (exact) mass is 415 g/mol. The lowest BCUT2D eigenvalue weighted by atomic mass is 9.93. The number of amides is 2. The number of likely N-dealkylation sites (tertiary alicyclic amines) is 1. The standard InChI is InChI=1S/C25H25N3O3/c1-2-17-7-3-4-9-23(17)31-19-10-11-20(21(15-19)24(26)29)18-12-14-28(16-18)25(30)22-8-5-6-13-27-22/h3-11,13,15,18H,2,12,14,16H2,1H3,(H2,26,29). The zero-order chi connectivity index (χ0) is 21.8. The molecule has 1 aliphatic heterocycles. The molecule has 4 rings (SSSR count). The first-order chi connectivity index (χ1) is 15.1. The molecule has 0 saturated carbocycles. The van der Waals surface area contributed by atoms with Gasteiger partial charge in [0.15, 0.2) is 0 Å². The number of carbonyl (C=O) groups is 2. The molecule has 6 nitrogen and oxygen atoms in total. The van der Waals surface area contributed by atoms with Gasteiger partial charge >= 0.3 is 0 Å². The maximum absolute atomic E-state index is 12.7. The van der Waals surface area contributed by atoms with E-state index in [0.717, 1.165) is 29.7 Å². The van der Waals surface area contributed by atoms with Crippen LogP contribution in [0.1, 0.15) is 51.2 Å². The highest BCUT2D eigenvalue weighted by atomic mass is 16.5. The number of aromatic nitrogens is 1. The van der Waals surface area contributed by atoms with Crippen LogP contribution in [-0.4, -0.2) is 34.8 Å². The Morgan fingerprint density at radius 2 is 1.94 bits per heavy atom. The first-order valence-corrected chi connectivity index (χ1v) is 10.5. The van der Waals surface area contributed by atoms with Gasteiger partial charge in [-0.1, -0.05) is 37.3 Å². The summed E-state index contributed by atoms with van der Waals surface area (Å²) in [6.07, 6.45) is 3.22. The Bertz CT molecular complexity index is 1100. The third-order valence-electron chi connectivity index (χ3n) is 5.67. The number of benzene rings is 2. The number of para-hydroxylation sites is 1. The SMILES string of the molecule is CCc1ccccc1Oc1ccc(C2CCN(C(=O)c3ccccn3)C2)c(C(N)=O)c1. The van der Waals surface area contributed by atoms with Crippen molar-refractivity contribution >= 4 is 11.8 Å². The van der Waals surface area contributed by atoms with E-state index in [4.69, 9.17) is 10.5 Å². The second kappa shape index (κ2) is 9.00. The van der Waals surface area contributed by atoms with E-state index in [9.17, 15) is 9.59 Å². The van der Waals surface area contributed by atoms with E-state index in [-0.39, 0.29) is 11.8 Å². The van der Waals surface area contributed by atoms with Crippen molar-refractivity contribution in [3.63, 3.8) is 0 Å². The molecule has 0 bridgehead atoms. The largest absolute Gasteiger partial charge is 0.457 e. The summed E-state index contributed by atoms with van der Waals surface area (Å²) in [6.45, 7) is 3.20. The van der Waals surface area contributed by atoms with Crippen molar-refractivity contribution in [3.05, 3.63) is 89.2 Å². The van der Waals surface area contributed by atoms with Crippen molar-refractivity contribution in [3.8, 4) is 11.5 Å². The number of primary amides is 1. The summed E-state index contributed by atoms with van der Waals surface area (Å²) in [5, 5.41) is 0. The Kier molecular flexibility index (Phi) is 5.98. The minimum atomic E-state index is -0.501. The second-order valence-electron chi connectivity index (χ2n) is 7.63. The van der Waals surface area contributed by atoms with Gasteiger partial charge in [-0.2, -0.15) is 0 Å². The average Bonchev–Trinajstić information content (AvgIpc) is 3.29. The maximum Gasteiger partial charge on any atom is 0.272 e. The third kappa shape index (κ3) is 4.43. The topological polar surface area (TPSA) is 85.5 Å². The molecule has 6 heteroatoms. The van der Waals surface area contributed by atoms with E-state index >= 15 is 0 Å². The van der Waals surface area contributed by atoms with Crippen molar-refractivity contribution in [2.24, 2.45) is 5.73 Å². The van der Waals surface area contributed by atoms with Crippen molar-refractivity contribution in [2.75, 3.05) is 13.1 Å². The molecule has 31 heavy (non-hydrogen) atoms. The van der Waals surface area contributed by atoms with Crippen molar-refractivity contribution in [1.29, 1.82) is 0 Å². The highest BCUT2D eigenvalue weighted by Crippen LogP contribution is 2.34. The van der Waals surface area contributed by atoms with Crippen molar-refractivity contribution < 1.29 is 14.3 Å². The highest BCUT2D eigenvalue weighted by molar-refractivity contribution is 5.95. The third-order valence-corrected chi connectivity index (χ3v) is 5.67. The lowest BCUT2D eigenvalue weighted by Crippen LogP contribution is -2.29. The molecule has 1 saturated heterocycles. The molecule has 2 heterocycles. The first-order valence-electron chi connectivity index (χ1n) is 10.5. The molecule has 0 spiro atoms. The van der Waals surface area contributed by atoms with Gasteiger partial charge in [-0.05, 0) is 54.3 Å². The number of ether oxygens (including phenoxy) is 1. The zero-order valence-electron chi connectivity index (χ0n) is 17.5. The summed E-state index contributed by atoms with van der Waals surface area (Å²) in [7, 11) is 0. The van der Waals surface area contributed by atoms with Crippen LogP contribution in [0.2, 0.25) is 0 Å². The van der Waals surface area contributed by atoms with E-state index in [1.807, 2.05) is 36.4 Å². The zero-order valence-corrected chi connectivity index (χ0v) is 17.5. The molecule has 2 amide bonds. The summed E-state index contributed by atoms with van der Waals surface area (Å²) < 4.78 is 6.05. The van der Waals surface area contributed by atoms with Crippen LogP contribution < -0.4 is 10.5 Å². The molecule has 1 aromatic heterocycles. The molecule has 0 radical (unpaired) electrons. The Morgan fingerprint density at radius 1 is 1.13 bits per heavy atom. The van der Waals surface area contributed by atoms with Crippen LogP contribution in [0.3, 0.4) is 0 Å². The van der Waals surface area contributed by atoms with Crippen molar-refractivity contribution in [1.82, 2.24) is 9.88 Å². The van der Waals surface area contributed by atoms with E-state index in [1.54, 1.807) is 35.4 Å². The number of rotatable bonds is 6. The summed E-state index contributed by atoms with van der Waals surface area (Å²) in [6, 6.07) is 18.6. The smallest absolute Gasteiger partial charge is 0.272 e. The quantitative estimate of drug-likeness (QED) is 0.655. The maximum atomic E-state index is 12.7. The molecular weight excluding hydrogens is 390 g/mol. The number of nitrogens with zero attached hydrogens (tertiary/aromatic N) is 2. The lowest BCUT2D eigenvalue weighted by Gasteiger charge is -2.18. The van der Waals surface area contributed by atoms with Gasteiger partial charge < -0.3 is 15.4 Å². The summed E-state index contributed by atoms with van der Waals surface area (Å²) >= 11 is 0. The predicted octanol–water partition coefficient (Wildman–Crippen LogP) is 4.16. The molecule has 158 valence electrons. The number of hydrogen-bond acceptors (Lipinski definition) is 4. The van der Waals surface area contributed by atoms with Gasteiger partial charge in [0.1, 0.15) is 17.2 Å². The molecule has 2 aromatic carbocycles. The Morgan fingerprint density at radius 3 is 2.68 bits per heavy atom. The summed E-state index contributed by atoms with van der Waals surface area (Å²) in [5.74, 6) is 0.768. The van der Waals surface area contributed by atoms with E-state index in [1.165, 1.54) is 0 Å². The fourth-order valence-corrected chi connectivity index (χ4v) is 4.04. The number of nitrogens with two attached hydrogens (primary N) is 1. The Balaban J connectivity index is 1.55. The molecule has 3 aromatic rings. The second-order valence-corrected chi connectivity index (χ2v) is 7.63. The molecule has 1 unspecified atom stereocenters. The van der Waals surface area contributed by atoms with Gasteiger partial charge in [0.2, 0.25) is 5.91 Å². The van der Waals surface area contributed by atoms with Gasteiger partial charge in [-0.3, -0.25) is 14.6 Å². The molecular formula is C25H25N3O3. The molecule has 1 aliphatic rings. The Labute approximate surface area is 181 Å². The molecule has 1 fully saturated rings. The van der Waals surface area contributed by atoms with Gasteiger partial charge in [-0.15, -0.1) is 0 Å². The van der Waals surface area contributed by atoms with E-state index in [2.05, 4.69) is 11.9 Å². The van der Waals surface area contributed by atoms with E-state index < -0.39 is 5.91 Å². The van der Waals surface area contributed by atoms with Crippen LogP contribution in [0.15, 0.2) is 66.9 Å². The highest BCUT2D eigenvalue weighted by Gasteiger charge is 2.30. The lowest BCUT2D eigenvalue weighted by molar-refractivity contribution is 0.0785. The first kappa shape index (κ1) is 20.6. The molecule has 1 atom stereocenters. The van der Waals surface area contributed by atoms with Crippen LogP contribution in [0.5, 0.6) is 11.5 Å². The number of hydrogen-bond donors (Lipinski definition) is 1. The van der Waals surface area contributed by atoms with Gasteiger partial charge in [0.05, 0.1) is 0 Å². The van der Waals surface area contributed by atoms with E-state index in [0.29, 0.717) is 30.1 Å².